The van der Waals surface area contributed by atoms with Crippen molar-refractivity contribution in [2.24, 2.45) is 0 Å². The normalized spacial score (nSPS) is 10.1. The Hall–Kier alpha value is -2.34. The molecule has 0 aliphatic heterocycles. The highest BCUT2D eigenvalue weighted by atomic mass is 35.5. The molecule has 1 heterocycles. The minimum Gasteiger partial charge on any atom is -0.462 e. The van der Waals surface area contributed by atoms with E-state index in [-0.39, 0.29) is 12.2 Å². The van der Waals surface area contributed by atoms with Crippen LogP contribution in [0.3, 0.4) is 0 Å². The molecule has 3 N–H and O–H groups in total. The highest BCUT2D eigenvalue weighted by Crippen LogP contribution is 2.32. The zero-order valence-electron chi connectivity index (χ0n) is 10.8. The number of ether oxygens (including phenoxy) is 1. The van der Waals surface area contributed by atoms with Gasteiger partial charge in [0, 0.05) is 5.69 Å². The summed E-state index contributed by atoms with van der Waals surface area (Å²) in [6.45, 7) is 1.99. The van der Waals surface area contributed by atoms with Gasteiger partial charge in [-0.2, -0.15) is 0 Å². The van der Waals surface area contributed by atoms with E-state index in [1.807, 2.05) is 0 Å². The molecular formula is C13H13ClN4O2. The van der Waals surface area contributed by atoms with Crippen LogP contribution in [0.4, 0.5) is 17.1 Å². The van der Waals surface area contributed by atoms with Crippen molar-refractivity contribution in [1.29, 1.82) is 0 Å². The standard InChI is InChI=1S/C13H13ClN4O2/c1-2-20-13(19)10-3-8(15)4-11(14)12(10)18-9-5-16-7-17-6-9/h3-7,18H,2,15H2,1H3. The summed E-state index contributed by atoms with van der Waals surface area (Å²) in [6, 6.07) is 3.06. The molecule has 0 saturated heterocycles. The van der Waals surface area contributed by atoms with Crippen molar-refractivity contribution in [3.63, 3.8) is 0 Å². The van der Waals surface area contributed by atoms with E-state index in [0.29, 0.717) is 22.1 Å². The van der Waals surface area contributed by atoms with E-state index in [9.17, 15) is 4.79 Å². The summed E-state index contributed by atoms with van der Waals surface area (Å²) in [5.74, 6) is -0.499. The monoisotopic (exact) mass is 292 g/mol. The van der Waals surface area contributed by atoms with E-state index in [1.54, 1.807) is 25.4 Å². The molecule has 104 valence electrons. The maximum atomic E-state index is 12.0. The molecule has 0 amide bonds. The number of nitrogens with two attached hydrogens (primary N) is 1. The van der Waals surface area contributed by atoms with Gasteiger partial charge >= 0.3 is 5.97 Å². The van der Waals surface area contributed by atoms with Gasteiger partial charge in [-0.1, -0.05) is 11.6 Å². The second-order valence-electron chi connectivity index (χ2n) is 3.90. The summed E-state index contributed by atoms with van der Waals surface area (Å²) in [4.78, 5) is 19.7. The van der Waals surface area contributed by atoms with Crippen LogP contribution in [0.1, 0.15) is 17.3 Å². The molecule has 20 heavy (non-hydrogen) atoms. The van der Waals surface area contributed by atoms with Gasteiger partial charge in [0.1, 0.15) is 6.33 Å². The maximum absolute atomic E-state index is 12.0. The number of hydrogen-bond acceptors (Lipinski definition) is 6. The third kappa shape index (κ3) is 3.16. The summed E-state index contributed by atoms with van der Waals surface area (Å²) < 4.78 is 4.99. The van der Waals surface area contributed by atoms with Crippen molar-refractivity contribution in [3.05, 3.63) is 41.4 Å². The lowest BCUT2D eigenvalue weighted by Gasteiger charge is -2.13. The summed E-state index contributed by atoms with van der Waals surface area (Å²) in [6.07, 6.45) is 4.53. The van der Waals surface area contributed by atoms with E-state index in [4.69, 9.17) is 22.1 Å². The number of nitrogens with zero attached hydrogens (tertiary/aromatic N) is 2. The zero-order chi connectivity index (χ0) is 14.5. The van der Waals surface area contributed by atoms with Gasteiger partial charge < -0.3 is 15.8 Å². The van der Waals surface area contributed by atoms with Gasteiger partial charge in [-0.15, -0.1) is 0 Å². The van der Waals surface area contributed by atoms with Gasteiger partial charge in [-0.05, 0) is 19.1 Å². The van der Waals surface area contributed by atoms with Crippen molar-refractivity contribution in [1.82, 2.24) is 9.97 Å². The molecule has 0 aliphatic rings. The fourth-order valence-corrected chi connectivity index (χ4v) is 1.91. The number of nitrogen functional groups attached to an aromatic ring is 1. The molecule has 0 unspecified atom stereocenters. The first-order valence-corrected chi connectivity index (χ1v) is 6.27. The molecule has 2 rings (SSSR count). The lowest BCUT2D eigenvalue weighted by Crippen LogP contribution is -2.09. The molecule has 0 fully saturated rings. The van der Waals surface area contributed by atoms with Crippen molar-refractivity contribution in [3.8, 4) is 0 Å². The van der Waals surface area contributed by atoms with Gasteiger partial charge in [0.2, 0.25) is 0 Å². The molecule has 1 aromatic heterocycles. The first-order chi connectivity index (χ1) is 9.61. The van der Waals surface area contributed by atoms with Gasteiger partial charge in [0.15, 0.2) is 0 Å². The number of benzene rings is 1. The summed E-state index contributed by atoms with van der Waals surface area (Å²) in [5, 5.41) is 3.31. The number of carbonyl (C=O) groups is 1. The van der Waals surface area contributed by atoms with Crippen LogP contribution in [0.2, 0.25) is 5.02 Å². The lowest BCUT2D eigenvalue weighted by molar-refractivity contribution is 0.0527. The number of nitrogens with one attached hydrogen (secondary N) is 1. The fourth-order valence-electron chi connectivity index (χ4n) is 1.63. The topological polar surface area (TPSA) is 90.1 Å². The third-order valence-corrected chi connectivity index (χ3v) is 2.74. The Kier molecular flexibility index (Phi) is 4.37. The third-order valence-electron chi connectivity index (χ3n) is 2.44. The summed E-state index contributed by atoms with van der Waals surface area (Å²) in [7, 11) is 0. The van der Waals surface area contributed by atoms with Crippen molar-refractivity contribution in [2.75, 3.05) is 17.7 Å². The Morgan fingerprint density at radius 1 is 1.40 bits per heavy atom. The number of hydrogen-bond donors (Lipinski definition) is 2. The average Bonchev–Trinajstić information content (AvgIpc) is 2.43. The first-order valence-electron chi connectivity index (χ1n) is 5.90. The number of aromatic nitrogens is 2. The molecule has 2 aromatic rings. The van der Waals surface area contributed by atoms with E-state index < -0.39 is 5.97 Å². The number of anilines is 3. The second kappa shape index (κ2) is 6.21. The van der Waals surface area contributed by atoms with Gasteiger partial charge in [-0.3, -0.25) is 0 Å². The van der Waals surface area contributed by atoms with E-state index in [0.717, 1.165) is 0 Å². The highest BCUT2D eigenvalue weighted by molar-refractivity contribution is 6.34. The maximum Gasteiger partial charge on any atom is 0.340 e. The quantitative estimate of drug-likeness (QED) is 0.665. The lowest BCUT2D eigenvalue weighted by atomic mass is 10.1. The number of halogens is 1. The molecule has 0 bridgehead atoms. The Balaban J connectivity index is 2.42. The van der Waals surface area contributed by atoms with Gasteiger partial charge in [-0.25, -0.2) is 14.8 Å². The molecule has 0 aliphatic carbocycles. The summed E-state index contributed by atoms with van der Waals surface area (Å²) >= 11 is 6.14. The molecule has 0 saturated carbocycles. The minimum absolute atomic E-state index is 0.263. The van der Waals surface area contributed by atoms with Crippen LogP contribution in [0, 0.1) is 0 Å². The second-order valence-corrected chi connectivity index (χ2v) is 4.31. The largest absolute Gasteiger partial charge is 0.462 e. The molecule has 1 aromatic carbocycles. The average molecular weight is 293 g/mol. The molecule has 6 nitrogen and oxygen atoms in total. The van der Waals surface area contributed by atoms with E-state index >= 15 is 0 Å². The Bertz CT molecular complexity index is 619. The summed E-state index contributed by atoms with van der Waals surface area (Å²) in [5.41, 5.74) is 7.37. The SMILES string of the molecule is CCOC(=O)c1cc(N)cc(Cl)c1Nc1cncnc1. The molecule has 0 radical (unpaired) electrons. The van der Waals surface area contributed by atoms with Gasteiger partial charge in [0.05, 0.1) is 41.0 Å². The number of esters is 1. The van der Waals surface area contributed by atoms with E-state index in [1.165, 1.54) is 12.4 Å². The first kappa shape index (κ1) is 14.1. The smallest absolute Gasteiger partial charge is 0.340 e. The van der Waals surface area contributed by atoms with Crippen molar-refractivity contribution < 1.29 is 9.53 Å². The van der Waals surface area contributed by atoms with Crippen LogP contribution >= 0.6 is 11.6 Å². The van der Waals surface area contributed by atoms with Crippen molar-refractivity contribution in [2.45, 2.75) is 6.92 Å². The fraction of sp³-hybridized carbons (Fsp3) is 0.154. The Morgan fingerprint density at radius 2 is 2.10 bits per heavy atom. The van der Waals surface area contributed by atoms with Gasteiger partial charge in [0.25, 0.3) is 0 Å². The molecular weight excluding hydrogens is 280 g/mol. The zero-order valence-corrected chi connectivity index (χ0v) is 11.5. The van der Waals surface area contributed by atoms with Crippen LogP contribution in [-0.2, 0) is 4.74 Å². The van der Waals surface area contributed by atoms with Crippen LogP contribution in [-0.4, -0.2) is 22.5 Å². The minimum atomic E-state index is -0.499. The molecule has 7 heteroatoms. The van der Waals surface area contributed by atoms with E-state index in [2.05, 4.69) is 15.3 Å². The molecule has 0 spiro atoms. The predicted molar refractivity (Wildman–Crippen MR) is 77.1 cm³/mol. The Labute approximate surface area is 120 Å². The molecule has 0 atom stereocenters. The van der Waals surface area contributed by atoms with Crippen molar-refractivity contribution >= 4 is 34.6 Å². The van der Waals surface area contributed by atoms with Crippen LogP contribution in [0.5, 0.6) is 0 Å². The van der Waals surface area contributed by atoms with Crippen LogP contribution in [0.15, 0.2) is 30.9 Å². The Morgan fingerprint density at radius 3 is 2.75 bits per heavy atom. The van der Waals surface area contributed by atoms with Crippen LogP contribution < -0.4 is 11.1 Å². The predicted octanol–water partition coefficient (Wildman–Crippen LogP) is 2.63. The number of rotatable bonds is 4. The highest BCUT2D eigenvalue weighted by Gasteiger charge is 2.17. The van der Waals surface area contributed by atoms with Crippen LogP contribution in [0.25, 0.3) is 0 Å². The number of carbonyl (C=O) groups excluding carboxylic acids is 1.